The minimum atomic E-state index is -1.01. The van der Waals surface area contributed by atoms with Gasteiger partial charge in [-0.05, 0) is 6.07 Å². The highest BCUT2D eigenvalue weighted by Gasteiger charge is 2.15. The number of fused-ring (bicyclic) bond motifs is 1. The number of aromatic nitrogens is 1. The van der Waals surface area contributed by atoms with Gasteiger partial charge in [0, 0.05) is 5.39 Å². The number of methoxy groups -OCH3 is 1. The molecule has 4 nitrogen and oxygen atoms in total. The van der Waals surface area contributed by atoms with Gasteiger partial charge in [-0.1, -0.05) is 18.2 Å². The first kappa shape index (κ1) is 9.45. The van der Waals surface area contributed by atoms with Gasteiger partial charge in [-0.3, -0.25) is 4.98 Å². The third kappa shape index (κ3) is 1.50. The van der Waals surface area contributed by atoms with Gasteiger partial charge in [0.25, 0.3) is 0 Å². The van der Waals surface area contributed by atoms with E-state index in [0.717, 1.165) is 0 Å². The SMILES string of the molecule is COc1cnc2ccccc2c1C(=O)O. The Morgan fingerprint density at radius 3 is 2.80 bits per heavy atom. The molecule has 76 valence electrons. The van der Waals surface area contributed by atoms with Crippen molar-refractivity contribution in [3.8, 4) is 5.75 Å². The minimum Gasteiger partial charge on any atom is -0.494 e. The van der Waals surface area contributed by atoms with Crippen molar-refractivity contribution in [3.05, 3.63) is 36.0 Å². The van der Waals surface area contributed by atoms with Crippen LogP contribution in [0.2, 0.25) is 0 Å². The Morgan fingerprint density at radius 1 is 1.40 bits per heavy atom. The second-order valence-corrected chi connectivity index (χ2v) is 3.02. The first-order valence-corrected chi connectivity index (χ1v) is 4.39. The Labute approximate surface area is 86.1 Å². The third-order valence-electron chi connectivity index (χ3n) is 2.17. The van der Waals surface area contributed by atoms with Gasteiger partial charge in [-0.2, -0.15) is 0 Å². The van der Waals surface area contributed by atoms with E-state index >= 15 is 0 Å². The number of para-hydroxylation sites is 1. The second kappa shape index (κ2) is 3.57. The van der Waals surface area contributed by atoms with Crippen molar-refractivity contribution < 1.29 is 14.6 Å². The lowest BCUT2D eigenvalue weighted by Crippen LogP contribution is -2.02. The van der Waals surface area contributed by atoms with Gasteiger partial charge in [-0.25, -0.2) is 4.79 Å². The Morgan fingerprint density at radius 2 is 2.13 bits per heavy atom. The summed E-state index contributed by atoms with van der Waals surface area (Å²) in [6.45, 7) is 0. The van der Waals surface area contributed by atoms with E-state index in [0.29, 0.717) is 10.9 Å². The molecule has 15 heavy (non-hydrogen) atoms. The molecule has 0 radical (unpaired) electrons. The first-order valence-electron chi connectivity index (χ1n) is 4.39. The number of hydrogen-bond acceptors (Lipinski definition) is 3. The number of benzene rings is 1. The molecule has 0 saturated carbocycles. The van der Waals surface area contributed by atoms with E-state index in [1.54, 1.807) is 18.2 Å². The average Bonchev–Trinajstić information content (AvgIpc) is 2.27. The Balaban J connectivity index is 2.85. The molecular weight excluding hydrogens is 194 g/mol. The molecule has 2 rings (SSSR count). The lowest BCUT2D eigenvalue weighted by atomic mass is 10.1. The number of carboxylic acids is 1. The lowest BCUT2D eigenvalue weighted by molar-refractivity contribution is 0.0695. The third-order valence-corrected chi connectivity index (χ3v) is 2.17. The normalized spacial score (nSPS) is 10.2. The number of ether oxygens (including phenoxy) is 1. The van der Waals surface area contributed by atoms with Crippen molar-refractivity contribution >= 4 is 16.9 Å². The topological polar surface area (TPSA) is 59.4 Å². The number of hydrogen-bond donors (Lipinski definition) is 1. The lowest BCUT2D eigenvalue weighted by Gasteiger charge is -2.06. The quantitative estimate of drug-likeness (QED) is 0.810. The summed E-state index contributed by atoms with van der Waals surface area (Å²) in [6.07, 6.45) is 1.42. The number of rotatable bonds is 2. The van der Waals surface area contributed by atoms with E-state index in [2.05, 4.69) is 4.98 Å². The van der Waals surface area contributed by atoms with Crippen LogP contribution in [0.5, 0.6) is 5.75 Å². The monoisotopic (exact) mass is 203 g/mol. The number of aromatic carboxylic acids is 1. The molecule has 0 bridgehead atoms. The van der Waals surface area contributed by atoms with Crippen molar-refractivity contribution in [2.24, 2.45) is 0 Å². The molecule has 0 amide bonds. The van der Waals surface area contributed by atoms with Gasteiger partial charge in [-0.15, -0.1) is 0 Å². The fraction of sp³-hybridized carbons (Fsp3) is 0.0909. The summed E-state index contributed by atoms with van der Waals surface area (Å²) in [5.41, 5.74) is 0.804. The van der Waals surface area contributed by atoms with Crippen LogP contribution < -0.4 is 4.74 Å². The van der Waals surface area contributed by atoms with Gasteiger partial charge in [0.2, 0.25) is 0 Å². The standard InChI is InChI=1S/C11H9NO3/c1-15-9-6-12-8-5-3-2-4-7(8)10(9)11(13)14/h2-6H,1H3,(H,13,14). The molecule has 0 atom stereocenters. The average molecular weight is 203 g/mol. The molecule has 1 heterocycles. The summed E-state index contributed by atoms with van der Waals surface area (Å²) in [5.74, 6) is -0.730. The van der Waals surface area contributed by atoms with Gasteiger partial charge in [0.15, 0.2) is 5.75 Å². The fourth-order valence-corrected chi connectivity index (χ4v) is 1.50. The highest BCUT2D eigenvalue weighted by molar-refractivity contribution is 6.04. The summed E-state index contributed by atoms with van der Waals surface area (Å²) >= 11 is 0. The van der Waals surface area contributed by atoms with Gasteiger partial charge in [0.05, 0.1) is 18.8 Å². The molecule has 0 unspecified atom stereocenters. The number of nitrogens with zero attached hydrogens (tertiary/aromatic N) is 1. The van der Waals surface area contributed by atoms with Crippen LogP contribution in [0, 0.1) is 0 Å². The van der Waals surface area contributed by atoms with Gasteiger partial charge in [0.1, 0.15) is 5.56 Å². The summed E-state index contributed by atoms with van der Waals surface area (Å²) in [5, 5.41) is 9.67. The molecule has 0 saturated heterocycles. The van der Waals surface area contributed by atoms with Crippen molar-refractivity contribution in [3.63, 3.8) is 0 Å². The molecule has 0 aliphatic rings. The van der Waals surface area contributed by atoms with Crippen LogP contribution in [0.1, 0.15) is 10.4 Å². The number of carbonyl (C=O) groups is 1. The maximum atomic E-state index is 11.1. The Bertz CT molecular complexity index is 522. The first-order chi connectivity index (χ1) is 7.24. The molecule has 2 aromatic rings. The van der Waals surface area contributed by atoms with Crippen LogP contribution in [0.4, 0.5) is 0 Å². The molecule has 1 aromatic carbocycles. The molecule has 1 N–H and O–H groups in total. The molecule has 1 aromatic heterocycles. The van der Waals surface area contributed by atoms with Crippen molar-refractivity contribution in [1.82, 2.24) is 4.98 Å². The van der Waals surface area contributed by atoms with E-state index in [1.807, 2.05) is 6.07 Å². The summed E-state index contributed by atoms with van der Waals surface area (Å²) in [7, 11) is 1.43. The number of pyridine rings is 1. The van der Waals surface area contributed by atoms with Crippen LogP contribution in [0.3, 0.4) is 0 Å². The maximum absolute atomic E-state index is 11.1. The largest absolute Gasteiger partial charge is 0.494 e. The Hall–Kier alpha value is -2.10. The molecular formula is C11H9NO3. The van der Waals surface area contributed by atoms with E-state index < -0.39 is 5.97 Å². The Kier molecular flexibility index (Phi) is 2.25. The van der Waals surface area contributed by atoms with Crippen molar-refractivity contribution in [2.45, 2.75) is 0 Å². The molecule has 0 aliphatic heterocycles. The summed E-state index contributed by atoms with van der Waals surface area (Å²) in [6, 6.07) is 7.07. The predicted molar refractivity (Wildman–Crippen MR) is 55.3 cm³/mol. The van der Waals surface area contributed by atoms with Crippen LogP contribution in [-0.4, -0.2) is 23.2 Å². The highest BCUT2D eigenvalue weighted by atomic mass is 16.5. The predicted octanol–water partition coefficient (Wildman–Crippen LogP) is 1.94. The molecule has 0 aliphatic carbocycles. The van der Waals surface area contributed by atoms with Crippen LogP contribution in [0.15, 0.2) is 30.5 Å². The molecule has 4 heteroatoms. The molecule has 0 fully saturated rings. The van der Waals surface area contributed by atoms with E-state index in [-0.39, 0.29) is 11.3 Å². The van der Waals surface area contributed by atoms with E-state index in [1.165, 1.54) is 13.3 Å². The fourth-order valence-electron chi connectivity index (χ4n) is 1.50. The zero-order chi connectivity index (χ0) is 10.8. The van der Waals surface area contributed by atoms with Crippen LogP contribution in [0.25, 0.3) is 10.9 Å². The van der Waals surface area contributed by atoms with Crippen LogP contribution >= 0.6 is 0 Å². The van der Waals surface area contributed by atoms with Gasteiger partial charge < -0.3 is 9.84 Å². The van der Waals surface area contributed by atoms with Crippen LogP contribution in [-0.2, 0) is 0 Å². The van der Waals surface area contributed by atoms with Crippen molar-refractivity contribution in [1.29, 1.82) is 0 Å². The summed E-state index contributed by atoms with van der Waals surface area (Å²) < 4.78 is 4.97. The van der Waals surface area contributed by atoms with E-state index in [9.17, 15) is 4.79 Å². The van der Waals surface area contributed by atoms with Crippen molar-refractivity contribution in [2.75, 3.05) is 7.11 Å². The van der Waals surface area contributed by atoms with Gasteiger partial charge >= 0.3 is 5.97 Å². The second-order valence-electron chi connectivity index (χ2n) is 3.02. The zero-order valence-electron chi connectivity index (χ0n) is 8.10. The molecule has 0 spiro atoms. The highest BCUT2D eigenvalue weighted by Crippen LogP contribution is 2.25. The zero-order valence-corrected chi connectivity index (χ0v) is 8.10. The maximum Gasteiger partial charge on any atom is 0.340 e. The number of carboxylic acid groups (broad SMARTS) is 1. The summed E-state index contributed by atoms with van der Waals surface area (Å²) in [4.78, 5) is 15.2. The smallest absolute Gasteiger partial charge is 0.340 e. The minimum absolute atomic E-state index is 0.156. The van der Waals surface area contributed by atoms with E-state index in [4.69, 9.17) is 9.84 Å².